The normalized spacial score (nSPS) is 16.1. The molecule has 2 aromatic rings. The lowest BCUT2D eigenvalue weighted by atomic mass is 10.2. The zero-order valence-electron chi connectivity index (χ0n) is 12.0. The van der Waals surface area contributed by atoms with E-state index >= 15 is 0 Å². The Kier molecular flexibility index (Phi) is 4.27. The van der Waals surface area contributed by atoms with Gasteiger partial charge in [-0.1, -0.05) is 0 Å². The molecule has 8 heteroatoms. The Labute approximate surface area is 132 Å². The highest BCUT2D eigenvalue weighted by molar-refractivity contribution is 7.88. The molecule has 1 saturated heterocycles. The first-order chi connectivity index (χ1) is 10.9. The van der Waals surface area contributed by atoms with Crippen molar-refractivity contribution in [1.29, 1.82) is 0 Å². The van der Waals surface area contributed by atoms with Gasteiger partial charge in [0.2, 0.25) is 10.0 Å². The Balaban J connectivity index is 1.59. The Hall–Kier alpha value is -2.06. The van der Waals surface area contributed by atoms with Gasteiger partial charge in [-0.05, 0) is 29.8 Å². The summed E-state index contributed by atoms with van der Waals surface area (Å²) < 4.78 is 57.5. The number of benzene rings is 1. The second-order valence-electron chi connectivity index (χ2n) is 5.28. The van der Waals surface area contributed by atoms with Crippen molar-refractivity contribution in [2.75, 3.05) is 13.1 Å². The molecule has 1 aromatic heterocycles. The number of hydrogen-bond donors (Lipinski definition) is 0. The molecule has 1 aromatic carbocycles. The third kappa shape index (κ3) is 3.83. The molecule has 0 bridgehead atoms. The van der Waals surface area contributed by atoms with Gasteiger partial charge >= 0.3 is 0 Å². The minimum absolute atomic E-state index is 0.0825. The lowest BCUT2D eigenvalue weighted by Gasteiger charge is -2.37. The van der Waals surface area contributed by atoms with E-state index in [2.05, 4.69) is 4.98 Å². The van der Waals surface area contributed by atoms with Crippen LogP contribution in [0, 0.1) is 11.6 Å². The lowest BCUT2D eigenvalue weighted by molar-refractivity contribution is 0.0757. The van der Waals surface area contributed by atoms with Gasteiger partial charge in [0.05, 0.1) is 25.0 Å². The van der Waals surface area contributed by atoms with Gasteiger partial charge in [0.15, 0.2) is 0 Å². The lowest BCUT2D eigenvalue weighted by Crippen LogP contribution is -2.56. The summed E-state index contributed by atoms with van der Waals surface area (Å²) in [4.78, 5) is 3.91. The van der Waals surface area contributed by atoms with Crippen LogP contribution in [-0.4, -0.2) is 36.9 Å². The van der Waals surface area contributed by atoms with Crippen LogP contribution < -0.4 is 4.74 Å². The standard InChI is InChI=1S/C15H14F2N2O3S/c16-12-4-11(5-13(17)6-12)10-23(20,21)19-8-15(9-19)22-14-2-1-3-18-7-14/h1-7,15H,8-10H2. The van der Waals surface area contributed by atoms with Crippen LogP contribution in [0.1, 0.15) is 5.56 Å². The summed E-state index contributed by atoms with van der Waals surface area (Å²) in [7, 11) is -3.63. The quantitative estimate of drug-likeness (QED) is 0.835. The second-order valence-corrected chi connectivity index (χ2v) is 7.25. The maximum Gasteiger partial charge on any atom is 0.218 e. The van der Waals surface area contributed by atoms with E-state index in [9.17, 15) is 17.2 Å². The number of sulfonamides is 1. The molecule has 0 saturated carbocycles. The fourth-order valence-electron chi connectivity index (χ4n) is 2.31. The van der Waals surface area contributed by atoms with Crippen LogP contribution in [0.15, 0.2) is 42.7 Å². The minimum Gasteiger partial charge on any atom is -0.486 e. The molecule has 0 N–H and O–H groups in total. The summed E-state index contributed by atoms with van der Waals surface area (Å²) in [5, 5.41) is 0. The van der Waals surface area contributed by atoms with E-state index in [0.29, 0.717) is 11.8 Å². The summed E-state index contributed by atoms with van der Waals surface area (Å²) in [6, 6.07) is 6.20. The monoisotopic (exact) mass is 340 g/mol. The summed E-state index contributed by atoms with van der Waals surface area (Å²) in [5.41, 5.74) is 0.0825. The number of aromatic nitrogens is 1. The summed E-state index contributed by atoms with van der Waals surface area (Å²) in [6.45, 7) is 0.407. The van der Waals surface area contributed by atoms with E-state index in [0.717, 1.165) is 12.1 Å². The highest BCUT2D eigenvalue weighted by Crippen LogP contribution is 2.22. The Bertz CT molecular complexity index is 773. The molecular weight excluding hydrogens is 326 g/mol. The molecule has 0 amide bonds. The third-order valence-corrected chi connectivity index (χ3v) is 5.20. The van der Waals surface area contributed by atoms with Crippen molar-refractivity contribution in [2.24, 2.45) is 0 Å². The van der Waals surface area contributed by atoms with Crippen LogP contribution in [0.2, 0.25) is 0 Å². The smallest absolute Gasteiger partial charge is 0.218 e. The summed E-state index contributed by atoms with van der Waals surface area (Å²) in [6.07, 6.45) is 2.91. The van der Waals surface area contributed by atoms with Crippen molar-refractivity contribution in [2.45, 2.75) is 11.9 Å². The molecule has 3 rings (SSSR count). The van der Waals surface area contributed by atoms with E-state index in [4.69, 9.17) is 4.74 Å². The zero-order valence-corrected chi connectivity index (χ0v) is 12.8. The van der Waals surface area contributed by atoms with Crippen LogP contribution in [0.3, 0.4) is 0 Å². The number of rotatable bonds is 5. The fraction of sp³-hybridized carbons (Fsp3) is 0.267. The van der Waals surface area contributed by atoms with Gasteiger partial charge in [-0.15, -0.1) is 0 Å². The van der Waals surface area contributed by atoms with Gasteiger partial charge in [-0.3, -0.25) is 4.98 Å². The Morgan fingerprint density at radius 1 is 1.22 bits per heavy atom. The second kappa shape index (κ2) is 6.21. The van der Waals surface area contributed by atoms with Crippen LogP contribution in [0.4, 0.5) is 8.78 Å². The Morgan fingerprint density at radius 2 is 1.91 bits per heavy atom. The molecule has 0 aliphatic carbocycles. The molecule has 0 spiro atoms. The fourth-order valence-corrected chi connectivity index (χ4v) is 3.87. The highest BCUT2D eigenvalue weighted by Gasteiger charge is 2.37. The topological polar surface area (TPSA) is 59.5 Å². The number of ether oxygens (including phenoxy) is 1. The minimum atomic E-state index is -3.63. The predicted octanol–water partition coefficient (Wildman–Crippen LogP) is 1.95. The SMILES string of the molecule is O=S(=O)(Cc1cc(F)cc(F)c1)N1CC(Oc2cccnc2)C1. The number of hydrogen-bond acceptors (Lipinski definition) is 4. The number of nitrogens with zero attached hydrogens (tertiary/aromatic N) is 2. The largest absolute Gasteiger partial charge is 0.486 e. The molecule has 0 unspecified atom stereocenters. The highest BCUT2D eigenvalue weighted by atomic mass is 32.2. The van der Waals surface area contributed by atoms with Gasteiger partial charge in [-0.25, -0.2) is 17.2 Å². The first-order valence-electron chi connectivity index (χ1n) is 6.92. The molecular formula is C15H14F2N2O3S. The third-order valence-electron chi connectivity index (χ3n) is 3.42. The summed E-state index contributed by atoms with van der Waals surface area (Å²) in [5.74, 6) is -1.46. The van der Waals surface area contributed by atoms with Gasteiger partial charge < -0.3 is 4.74 Å². The average Bonchev–Trinajstić information content (AvgIpc) is 2.41. The van der Waals surface area contributed by atoms with Crippen LogP contribution in [0.25, 0.3) is 0 Å². The molecule has 0 atom stereocenters. The van der Waals surface area contributed by atoms with Crippen molar-refractivity contribution in [3.05, 3.63) is 59.9 Å². The van der Waals surface area contributed by atoms with Gasteiger partial charge in [0.25, 0.3) is 0 Å². The molecule has 1 aliphatic rings. The summed E-state index contributed by atoms with van der Waals surface area (Å²) >= 11 is 0. The van der Waals surface area contributed by atoms with Crippen LogP contribution in [0.5, 0.6) is 5.75 Å². The molecule has 23 heavy (non-hydrogen) atoms. The van der Waals surface area contributed by atoms with E-state index in [1.54, 1.807) is 24.5 Å². The maximum absolute atomic E-state index is 13.1. The first-order valence-corrected chi connectivity index (χ1v) is 8.53. The van der Waals surface area contributed by atoms with Crippen LogP contribution in [-0.2, 0) is 15.8 Å². The molecule has 5 nitrogen and oxygen atoms in total. The molecule has 122 valence electrons. The molecule has 0 radical (unpaired) electrons. The van der Waals surface area contributed by atoms with Crippen molar-refractivity contribution in [3.8, 4) is 5.75 Å². The van der Waals surface area contributed by atoms with E-state index < -0.39 is 27.4 Å². The molecule has 1 fully saturated rings. The molecule has 1 aliphatic heterocycles. The Morgan fingerprint density at radius 3 is 2.52 bits per heavy atom. The van der Waals surface area contributed by atoms with Gasteiger partial charge in [-0.2, -0.15) is 4.31 Å². The average molecular weight is 340 g/mol. The number of halogens is 2. The van der Waals surface area contributed by atoms with Gasteiger partial charge in [0, 0.05) is 12.3 Å². The zero-order chi connectivity index (χ0) is 16.4. The number of pyridine rings is 1. The van der Waals surface area contributed by atoms with Crippen LogP contribution >= 0.6 is 0 Å². The van der Waals surface area contributed by atoms with E-state index in [1.807, 2.05) is 0 Å². The van der Waals surface area contributed by atoms with E-state index in [1.165, 1.54) is 4.31 Å². The van der Waals surface area contributed by atoms with Crippen molar-refractivity contribution < 1.29 is 21.9 Å². The molecule has 2 heterocycles. The van der Waals surface area contributed by atoms with Crippen molar-refractivity contribution >= 4 is 10.0 Å². The predicted molar refractivity (Wildman–Crippen MR) is 79.2 cm³/mol. The van der Waals surface area contributed by atoms with Crippen molar-refractivity contribution in [3.63, 3.8) is 0 Å². The first kappa shape index (κ1) is 15.8. The van der Waals surface area contributed by atoms with Crippen molar-refractivity contribution in [1.82, 2.24) is 9.29 Å². The van der Waals surface area contributed by atoms with E-state index in [-0.39, 0.29) is 24.8 Å². The maximum atomic E-state index is 13.1. The van der Waals surface area contributed by atoms with Gasteiger partial charge in [0.1, 0.15) is 23.5 Å².